The van der Waals surface area contributed by atoms with E-state index in [0.29, 0.717) is 0 Å². The molecule has 0 aliphatic rings. The number of benzene rings is 2. The van der Waals surface area contributed by atoms with E-state index < -0.39 is 0 Å². The fourth-order valence-corrected chi connectivity index (χ4v) is 4.14. The highest BCUT2D eigenvalue weighted by Gasteiger charge is 2.15. The van der Waals surface area contributed by atoms with Gasteiger partial charge in [0.05, 0.1) is 11.0 Å². The van der Waals surface area contributed by atoms with Gasteiger partial charge >= 0.3 is 0 Å². The smallest absolute Gasteiger partial charge is 0.116 e. The Morgan fingerprint density at radius 3 is 2.52 bits per heavy atom. The minimum absolute atomic E-state index is 0.288. The summed E-state index contributed by atoms with van der Waals surface area (Å²) in [6, 6.07) is 7.66. The number of phenolic OH excluding ortho intramolecular Hbond substituents is 1. The van der Waals surface area contributed by atoms with Crippen molar-refractivity contribution in [3.8, 4) is 5.75 Å². The summed E-state index contributed by atoms with van der Waals surface area (Å²) in [4.78, 5) is 7.29. The lowest BCUT2D eigenvalue weighted by atomic mass is 9.97. The maximum Gasteiger partial charge on any atom is 0.116 e. The van der Waals surface area contributed by atoms with Crippen molar-refractivity contribution in [3.05, 3.63) is 47.8 Å². The maximum atomic E-state index is 9.96. The second kappa shape index (κ2) is 6.86. The van der Waals surface area contributed by atoms with Crippen LogP contribution in [0.4, 0.5) is 0 Å². The van der Waals surface area contributed by atoms with Gasteiger partial charge in [-0.2, -0.15) is 0 Å². The molecule has 2 heterocycles. The largest absolute Gasteiger partial charge is 0.508 e. The Labute approximate surface area is 160 Å². The molecule has 4 aromatic rings. The molecule has 0 bridgehead atoms. The summed E-state index contributed by atoms with van der Waals surface area (Å²) in [6.07, 6.45) is 4.45. The van der Waals surface area contributed by atoms with Crippen LogP contribution in [0.1, 0.15) is 25.0 Å². The first-order valence-electron chi connectivity index (χ1n) is 9.77. The van der Waals surface area contributed by atoms with Crippen LogP contribution in [0.2, 0.25) is 0 Å². The van der Waals surface area contributed by atoms with E-state index in [4.69, 9.17) is 4.98 Å². The summed E-state index contributed by atoms with van der Waals surface area (Å²) in [6.45, 7) is 12.9. The highest BCUT2D eigenvalue weighted by atomic mass is 16.3. The summed E-state index contributed by atoms with van der Waals surface area (Å²) in [5.41, 5.74) is 4.42. The van der Waals surface area contributed by atoms with Crippen LogP contribution in [-0.4, -0.2) is 39.2 Å². The van der Waals surface area contributed by atoms with Gasteiger partial charge in [-0.15, -0.1) is 0 Å². The van der Waals surface area contributed by atoms with Crippen molar-refractivity contribution >= 4 is 32.6 Å². The minimum atomic E-state index is 0.288. The Morgan fingerprint density at radius 1 is 1.00 bits per heavy atom. The molecule has 0 fully saturated rings. The van der Waals surface area contributed by atoms with Gasteiger partial charge < -0.3 is 14.6 Å². The molecule has 0 amide bonds. The number of aryl methyl sites for hydroxylation is 2. The molecule has 4 nitrogen and oxygen atoms in total. The van der Waals surface area contributed by atoms with E-state index in [9.17, 15) is 5.11 Å². The summed E-state index contributed by atoms with van der Waals surface area (Å²) in [7, 11) is 0. The van der Waals surface area contributed by atoms with Gasteiger partial charge in [0.2, 0.25) is 0 Å². The van der Waals surface area contributed by atoms with Gasteiger partial charge in [-0.25, -0.2) is 4.98 Å². The second-order valence-corrected chi connectivity index (χ2v) is 7.32. The molecule has 1 N–H and O–H groups in total. The zero-order valence-electron chi connectivity index (χ0n) is 16.6. The first kappa shape index (κ1) is 17.8. The molecule has 4 heteroatoms. The first-order chi connectivity index (χ1) is 13.0. The van der Waals surface area contributed by atoms with Crippen LogP contribution >= 0.6 is 0 Å². The van der Waals surface area contributed by atoms with E-state index in [2.05, 4.69) is 55.6 Å². The number of nitrogens with zero attached hydrogens (tertiary/aromatic N) is 3. The first-order valence-corrected chi connectivity index (χ1v) is 9.77. The number of likely N-dealkylation sites (N-methyl/N-ethyl adjacent to an activating group) is 1. The van der Waals surface area contributed by atoms with Gasteiger partial charge in [-0.3, -0.25) is 0 Å². The average Bonchev–Trinajstić information content (AvgIpc) is 3.06. The van der Waals surface area contributed by atoms with Gasteiger partial charge in [0.15, 0.2) is 0 Å². The van der Waals surface area contributed by atoms with E-state index >= 15 is 0 Å². The maximum absolute atomic E-state index is 9.96. The van der Waals surface area contributed by atoms with Crippen molar-refractivity contribution in [3.63, 3.8) is 0 Å². The van der Waals surface area contributed by atoms with Crippen LogP contribution < -0.4 is 0 Å². The second-order valence-electron chi connectivity index (χ2n) is 7.32. The number of aromatic hydroxyl groups is 1. The van der Waals surface area contributed by atoms with Gasteiger partial charge in [0.1, 0.15) is 5.75 Å². The Balaban J connectivity index is 1.90. The summed E-state index contributed by atoms with van der Waals surface area (Å²) >= 11 is 0. The highest BCUT2D eigenvalue weighted by molar-refractivity contribution is 6.16. The van der Waals surface area contributed by atoms with Crippen molar-refractivity contribution in [2.45, 2.75) is 34.2 Å². The van der Waals surface area contributed by atoms with Crippen molar-refractivity contribution in [2.75, 3.05) is 19.6 Å². The fraction of sp³-hybridized carbons (Fsp3) is 0.348. The normalized spacial score (nSPS) is 12.0. The Hall–Kier alpha value is -2.59. The molecule has 0 saturated heterocycles. The zero-order chi connectivity index (χ0) is 19.1. The molecule has 0 spiro atoms. The SMILES string of the molecule is CCN(CC)CCn1ccc2c(C)c3nc4ccc(O)cc4c3c(C)c2c1. The number of pyridine rings is 1. The number of rotatable bonds is 5. The quantitative estimate of drug-likeness (QED) is 0.543. The third-order valence-electron chi connectivity index (χ3n) is 5.84. The van der Waals surface area contributed by atoms with E-state index in [1.807, 2.05) is 12.1 Å². The van der Waals surface area contributed by atoms with Crippen molar-refractivity contribution in [2.24, 2.45) is 0 Å². The van der Waals surface area contributed by atoms with Crippen LogP contribution in [0.3, 0.4) is 0 Å². The number of fused-ring (bicyclic) bond motifs is 4. The standard InChI is InChI=1S/C23H27N3O/c1-5-25(6-2)11-12-26-10-9-18-16(4)23-22(15(3)20(18)14-26)19-13-17(27)7-8-21(19)24-23/h7-10,13-14,27H,5-6,11-12H2,1-4H3. The van der Waals surface area contributed by atoms with Crippen LogP contribution in [-0.2, 0) is 6.54 Å². The summed E-state index contributed by atoms with van der Waals surface area (Å²) < 4.78 is 2.29. The topological polar surface area (TPSA) is 41.3 Å². The fourth-order valence-electron chi connectivity index (χ4n) is 4.14. The lowest BCUT2D eigenvalue weighted by Crippen LogP contribution is -2.26. The Morgan fingerprint density at radius 2 is 1.78 bits per heavy atom. The van der Waals surface area contributed by atoms with E-state index in [0.717, 1.165) is 48.0 Å². The summed E-state index contributed by atoms with van der Waals surface area (Å²) in [5.74, 6) is 0.288. The molecule has 2 aromatic carbocycles. The van der Waals surface area contributed by atoms with Crippen molar-refractivity contribution in [1.82, 2.24) is 14.5 Å². The molecule has 27 heavy (non-hydrogen) atoms. The molecule has 2 aromatic heterocycles. The van der Waals surface area contributed by atoms with Crippen molar-refractivity contribution < 1.29 is 5.11 Å². The molecular weight excluding hydrogens is 334 g/mol. The number of hydrogen-bond acceptors (Lipinski definition) is 3. The monoisotopic (exact) mass is 361 g/mol. The molecule has 4 rings (SSSR count). The third-order valence-corrected chi connectivity index (χ3v) is 5.84. The molecule has 0 aliphatic heterocycles. The Kier molecular flexibility index (Phi) is 4.52. The zero-order valence-corrected chi connectivity index (χ0v) is 16.6. The number of phenols is 1. The molecule has 140 valence electrons. The molecule has 0 atom stereocenters. The van der Waals surface area contributed by atoms with Crippen LogP contribution in [0.25, 0.3) is 32.6 Å². The van der Waals surface area contributed by atoms with Crippen LogP contribution in [0.5, 0.6) is 5.75 Å². The van der Waals surface area contributed by atoms with E-state index in [1.54, 1.807) is 6.07 Å². The molecule has 0 unspecified atom stereocenters. The van der Waals surface area contributed by atoms with Crippen molar-refractivity contribution in [1.29, 1.82) is 0 Å². The predicted octanol–water partition coefficient (Wildman–Crippen LogP) is 5.01. The van der Waals surface area contributed by atoms with Gasteiger partial charge in [-0.05, 0) is 67.7 Å². The summed E-state index contributed by atoms with van der Waals surface area (Å²) in [5, 5.41) is 14.7. The predicted molar refractivity (Wildman–Crippen MR) is 114 cm³/mol. The van der Waals surface area contributed by atoms with Gasteiger partial charge in [-0.1, -0.05) is 13.8 Å². The number of aromatic nitrogens is 2. The average molecular weight is 361 g/mol. The lowest BCUT2D eigenvalue weighted by Gasteiger charge is -2.19. The molecule has 0 saturated carbocycles. The number of hydrogen-bond donors (Lipinski definition) is 1. The molecule has 0 radical (unpaired) electrons. The van der Waals surface area contributed by atoms with Gasteiger partial charge in [0, 0.05) is 41.6 Å². The van der Waals surface area contributed by atoms with E-state index in [-0.39, 0.29) is 5.75 Å². The Bertz CT molecular complexity index is 1140. The van der Waals surface area contributed by atoms with Gasteiger partial charge in [0.25, 0.3) is 0 Å². The lowest BCUT2D eigenvalue weighted by molar-refractivity contribution is 0.290. The van der Waals surface area contributed by atoms with Crippen LogP contribution in [0.15, 0.2) is 36.7 Å². The highest BCUT2D eigenvalue weighted by Crippen LogP contribution is 2.37. The molecule has 0 aliphatic carbocycles. The minimum Gasteiger partial charge on any atom is -0.508 e. The molecular formula is C23H27N3O. The third kappa shape index (κ3) is 2.94. The van der Waals surface area contributed by atoms with Crippen LogP contribution in [0, 0.1) is 13.8 Å². The van der Waals surface area contributed by atoms with E-state index in [1.165, 1.54) is 21.9 Å².